The topological polar surface area (TPSA) is 155 Å². The summed E-state index contributed by atoms with van der Waals surface area (Å²) in [5.41, 5.74) is -0.876. The average molecular weight is 576 g/mol. The smallest absolute Gasteiger partial charge is 0.287 e. The molecule has 2 heterocycles. The van der Waals surface area contributed by atoms with E-state index in [1.807, 2.05) is 0 Å². The minimum atomic E-state index is -2.35. The molecule has 2 aromatic carbocycles. The summed E-state index contributed by atoms with van der Waals surface area (Å²) in [6.45, 7) is 2.10. The Morgan fingerprint density at radius 3 is 2.49 bits per heavy atom. The number of halogens is 2. The Morgan fingerprint density at radius 1 is 1.05 bits per heavy atom. The number of carbonyl (C=O) groups excluding carboxylic acids is 3. The van der Waals surface area contributed by atoms with Gasteiger partial charge >= 0.3 is 0 Å². The van der Waals surface area contributed by atoms with E-state index in [1.54, 1.807) is 25.3 Å². The number of benzene rings is 2. The first kappa shape index (κ1) is 30.0. The first-order valence-corrected chi connectivity index (χ1v) is 12.9. The lowest BCUT2D eigenvalue weighted by Gasteiger charge is -2.22. The number of aromatic amines is 1. The molecule has 0 saturated carbocycles. The van der Waals surface area contributed by atoms with Crippen molar-refractivity contribution in [3.05, 3.63) is 59.4 Å². The Morgan fingerprint density at radius 2 is 1.76 bits per heavy atom. The maximum absolute atomic E-state index is 13.4. The van der Waals surface area contributed by atoms with Crippen molar-refractivity contribution >= 4 is 34.4 Å². The maximum Gasteiger partial charge on any atom is 0.287 e. The third kappa shape index (κ3) is 7.41. The van der Waals surface area contributed by atoms with Crippen molar-refractivity contribution in [2.75, 3.05) is 58.1 Å². The second-order valence-electron chi connectivity index (χ2n) is 9.29. The molecule has 3 aromatic rings. The highest BCUT2D eigenvalue weighted by Gasteiger charge is 2.51. The predicted molar refractivity (Wildman–Crippen MR) is 142 cm³/mol. The van der Waals surface area contributed by atoms with Crippen molar-refractivity contribution < 1.29 is 42.5 Å². The zero-order valence-corrected chi connectivity index (χ0v) is 22.4. The zero-order chi connectivity index (χ0) is 29.4. The molecule has 0 spiro atoms. The third-order valence-electron chi connectivity index (χ3n) is 6.38. The van der Waals surface area contributed by atoms with Crippen molar-refractivity contribution in [2.24, 2.45) is 0 Å². The van der Waals surface area contributed by atoms with E-state index >= 15 is 0 Å². The summed E-state index contributed by atoms with van der Waals surface area (Å²) in [6.07, 6.45) is -0.189. The number of hydrogen-bond donors (Lipinski definition) is 4. The minimum absolute atomic E-state index is 0.0434. The minimum Gasteiger partial charge on any atom is -0.382 e. The molecule has 0 radical (unpaired) electrons. The van der Waals surface area contributed by atoms with E-state index in [2.05, 4.69) is 20.6 Å². The molecule has 41 heavy (non-hydrogen) atoms. The molecular formula is C27H31F2N5O7. The Bertz CT molecular complexity index is 1380. The van der Waals surface area contributed by atoms with Crippen LogP contribution in [0.25, 0.3) is 11.0 Å². The molecule has 1 atom stereocenters. The predicted octanol–water partition coefficient (Wildman–Crippen LogP) is 1.03. The fourth-order valence-corrected chi connectivity index (χ4v) is 4.26. The van der Waals surface area contributed by atoms with E-state index in [1.165, 1.54) is 4.90 Å². The summed E-state index contributed by atoms with van der Waals surface area (Å²) >= 11 is 0. The van der Waals surface area contributed by atoms with Gasteiger partial charge in [0.05, 0.1) is 44.1 Å². The fraction of sp³-hybridized carbons (Fsp3) is 0.407. The third-order valence-corrected chi connectivity index (χ3v) is 6.38. The molecule has 14 heteroatoms. The van der Waals surface area contributed by atoms with E-state index < -0.39 is 35.0 Å². The summed E-state index contributed by atoms with van der Waals surface area (Å²) in [4.78, 5) is 46.7. The highest BCUT2D eigenvalue weighted by molar-refractivity contribution is 6.16. The SMILES string of the molecule is COCCOCCOCCNC(=O)c1nc2ccc(N3CCC(O)(C(=O)NCc4cc(F)cc(F)c4)C3=O)cc2[nH]1. The van der Waals surface area contributed by atoms with Gasteiger partial charge < -0.3 is 39.8 Å². The number of fused-ring (bicyclic) bond motifs is 1. The number of H-pyrrole nitrogens is 1. The van der Waals surface area contributed by atoms with Gasteiger partial charge in [-0.1, -0.05) is 0 Å². The molecule has 1 fully saturated rings. The summed E-state index contributed by atoms with van der Waals surface area (Å²) in [6, 6.07) is 7.56. The van der Waals surface area contributed by atoms with Gasteiger partial charge in [0.15, 0.2) is 5.82 Å². The van der Waals surface area contributed by atoms with E-state index in [4.69, 9.17) is 14.2 Å². The highest BCUT2D eigenvalue weighted by Crippen LogP contribution is 2.30. The number of aliphatic hydroxyl groups is 1. The Kier molecular flexibility index (Phi) is 9.94. The molecule has 4 rings (SSSR count). The lowest BCUT2D eigenvalue weighted by molar-refractivity contribution is -0.149. The number of methoxy groups -OCH3 is 1. The molecule has 1 unspecified atom stereocenters. The van der Waals surface area contributed by atoms with Gasteiger partial charge in [0, 0.05) is 44.9 Å². The van der Waals surface area contributed by atoms with Crippen LogP contribution in [0.1, 0.15) is 22.6 Å². The van der Waals surface area contributed by atoms with E-state index in [0.717, 1.165) is 12.1 Å². The van der Waals surface area contributed by atoms with Crippen LogP contribution in [0.3, 0.4) is 0 Å². The standard InChI is InChI=1S/C27H31F2N5O7/c1-39-8-9-41-11-10-40-7-5-30-24(35)23-32-21-3-2-20(15-22(21)33-23)34-6-4-27(38,26(34)37)25(36)31-16-17-12-18(28)14-19(29)13-17/h2-3,12-15,38H,4-11,16H2,1H3,(H,30,35)(H,31,36)(H,32,33). The first-order valence-electron chi connectivity index (χ1n) is 12.9. The van der Waals surface area contributed by atoms with E-state index in [9.17, 15) is 28.3 Å². The van der Waals surface area contributed by atoms with Crippen molar-refractivity contribution in [2.45, 2.75) is 18.6 Å². The van der Waals surface area contributed by atoms with Gasteiger partial charge in [0.2, 0.25) is 5.60 Å². The number of hydrogen-bond acceptors (Lipinski definition) is 8. The van der Waals surface area contributed by atoms with Gasteiger partial charge in [-0.15, -0.1) is 0 Å². The number of anilines is 1. The summed E-state index contributed by atoms with van der Waals surface area (Å²) in [5, 5.41) is 15.9. The van der Waals surface area contributed by atoms with Crippen LogP contribution in [0.15, 0.2) is 36.4 Å². The van der Waals surface area contributed by atoms with Crippen molar-refractivity contribution in [3.63, 3.8) is 0 Å². The van der Waals surface area contributed by atoms with E-state index in [-0.39, 0.29) is 44.0 Å². The number of rotatable bonds is 14. The van der Waals surface area contributed by atoms with Crippen LogP contribution in [0.5, 0.6) is 0 Å². The van der Waals surface area contributed by atoms with Crippen molar-refractivity contribution in [3.8, 4) is 0 Å². The van der Waals surface area contributed by atoms with Crippen LogP contribution < -0.4 is 15.5 Å². The summed E-state index contributed by atoms with van der Waals surface area (Å²) < 4.78 is 42.4. The maximum atomic E-state index is 13.4. The van der Waals surface area contributed by atoms with Crippen LogP contribution in [0.4, 0.5) is 14.5 Å². The summed E-state index contributed by atoms with van der Waals surface area (Å²) in [7, 11) is 1.59. The van der Waals surface area contributed by atoms with Crippen LogP contribution in [-0.2, 0) is 30.3 Å². The molecule has 1 aliphatic rings. The van der Waals surface area contributed by atoms with Crippen LogP contribution in [-0.4, -0.2) is 91.6 Å². The molecule has 1 aromatic heterocycles. The number of ether oxygens (including phenoxy) is 3. The zero-order valence-electron chi connectivity index (χ0n) is 22.4. The summed E-state index contributed by atoms with van der Waals surface area (Å²) in [5.74, 6) is -3.81. The van der Waals surface area contributed by atoms with E-state index in [0.29, 0.717) is 49.2 Å². The molecule has 0 aliphatic carbocycles. The molecule has 1 saturated heterocycles. The van der Waals surface area contributed by atoms with Crippen LogP contribution in [0.2, 0.25) is 0 Å². The van der Waals surface area contributed by atoms with Crippen LogP contribution >= 0.6 is 0 Å². The number of aromatic nitrogens is 2. The molecule has 1 aliphatic heterocycles. The number of nitrogens with one attached hydrogen (secondary N) is 3. The van der Waals surface area contributed by atoms with Crippen molar-refractivity contribution in [1.82, 2.24) is 20.6 Å². The number of imidazole rings is 1. The lowest BCUT2D eigenvalue weighted by atomic mass is 10.0. The second kappa shape index (κ2) is 13.6. The molecule has 0 bridgehead atoms. The Labute approximate surface area is 234 Å². The molecule has 220 valence electrons. The van der Waals surface area contributed by atoms with Crippen molar-refractivity contribution in [1.29, 1.82) is 0 Å². The molecule has 3 amide bonds. The van der Waals surface area contributed by atoms with Gasteiger partial charge in [-0.3, -0.25) is 14.4 Å². The largest absolute Gasteiger partial charge is 0.382 e. The van der Waals surface area contributed by atoms with Gasteiger partial charge in [0.25, 0.3) is 17.7 Å². The molecule has 4 N–H and O–H groups in total. The lowest BCUT2D eigenvalue weighted by Crippen LogP contribution is -2.52. The van der Waals surface area contributed by atoms with Crippen LogP contribution in [0, 0.1) is 11.6 Å². The first-order chi connectivity index (χ1) is 19.7. The van der Waals surface area contributed by atoms with Gasteiger partial charge in [-0.2, -0.15) is 0 Å². The van der Waals surface area contributed by atoms with Gasteiger partial charge in [0.1, 0.15) is 11.6 Å². The highest BCUT2D eigenvalue weighted by atomic mass is 19.1. The normalized spacial score (nSPS) is 16.9. The average Bonchev–Trinajstić information content (AvgIpc) is 3.51. The monoisotopic (exact) mass is 575 g/mol. The molecule has 12 nitrogen and oxygen atoms in total. The quantitative estimate of drug-likeness (QED) is 0.164. The fourth-order valence-electron chi connectivity index (χ4n) is 4.26. The van der Waals surface area contributed by atoms with Gasteiger partial charge in [-0.25, -0.2) is 13.8 Å². The Hall–Kier alpha value is -3.98. The number of amides is 3. The van der Waals surface area contributed by atoms with Gasteiger partial charge in [-0.05, 0) is 35.9 Å². The molecular weight excluding hydrogens is 544 g/mol. The number of carbonyl (C=O) groups is 3. The number of nitrogens with zero attached hydrogens (tertiary/aromatic N) is 2. The second-order valence-corrected chi connectivity index (χ2v) is 9.29. The Balaban J connectivity index is 1.31.